The molecule has 0 amide bonds. The Morgan fingerprint density at radius 2 is 2.08 bits per heavy atom. The Kier molecular flexibility index (Phi) is 4.90. The van der Waals surface area contributed by atoms with Crippen LogP contribution in [0.2, 0.25) is 0 Å². The van der Waals surface area contributed by atoms with Gasteiger partial charge in [-0.1, -0.05) is 12.2 Å². The number of aliphatic hydroxyl groups is 1. The summed E-state index contributed by atoms with van der Waals surface area (Å²) in [5.74, 6) is 0.705. The molecule has 0 saturated heterocycles. The molecule has 0 unspecified atom stereocenters. The summed E-state index contributed by atoms with van der Waals surface area (Å²) in [6.45, 7) is 8.89. The molecular formula is C9H19NOS. The normalized spacial score (nSPS) is 12.2. The van der Waals surface area contributed by atoms with Gasteiger partial charge in [0.25, 0.3) is 0 Å². The van der Waals surface area contributed by atoms with Crippen molar-refractivity contribution < 1.29 is 5.11 Å². The van der Waals surface area contributed by atoms with Gasteiger partial charge in [0.15, 0.2) is 0 Å². The van der Waals surface area contributed by atoms with E-state index in [1.807, 2.05) is 11.9 Å². The highest BCUT2D eigenvalue weighted by molar-refractivity contribution is 7.80. The molecule has 0 aromatic heterocycles. The minimum atomic E-state index is -0.633. The van der Waals surface area contributed by atoms with Gasteiger partial charge in [-0.3, -0.25) is 4.90 Å². The molecule has 0 rings (SSSR count). The molecule has 2 nitrogen and oxygen atoms in total. The van der Waals surface area contributed by atoms with Crippen molar-refractivity contribution in [1.82, 2.24) is 4.90 Å². The number of likely N-dealkylation sites (N-methyl/N-ethyl adjacent to an activating group) is 1. The van der Waals surface area contributed by atoms with E-state index in [0.29, 0.717) is 12.3 Å². The van der Waals surface area contributed by atoms with Gasteiger partial charge in [0.1, 0.15) is 0 Å². The topological polar surface area (TPSA) is 23.5 Å². The molecule has 0 aromatic rings. The molecule has 3 heteroatoms. The third-order valence-electron chi connectivity index (χ3n) is 1.37. The van der Waals surface area contributed by atoms with Gasteiger partial charge in [-0.2, -0.15) is 12.6 Å². The van der Waals surface area contributed by atoms with E-state index in [1.165, 1.54) is 0 Å². The monoisotopic (exact) mass is 189 g/mol. The van der Waals surface area contributed by atoms with E-state index in [4.69, 9.17) is 0 Å². The molecule has 0 radical (unpaired) electrons. The zero-order chi connectivity index (χ0) is 9.78. The molecule has 0 bridgehead atoms. The summed E-state index contributed by atoms with van der Waals surface area (Å²) in [5, 5.41) is 9.48. The summed E-state index contributed by atoms with van der Waals surface area (Å²) in [4.78, 5) is 2.04. The molecule has 0 spiro atoms. The van der Waals surface area contributed by atoms with Crippen molar-refractivity contribution in [2.45, 2.75) is 19.4 Å². The smallest absolute Gasteiger partial charge is 0.0718 e. The first-order valence-corrected chi connectivity index (χ1v) is 4.67. The summed E-state index contributed by atoms with van der Waals surface area (Å²) in [5.41, 5.74) is 0.441. The van der Waals surface area contributed by atoms with Crippen LogP contribution in [0.5, 0.6) is 0 Å². The molecule has 0 aliphatic heterocycles. The quantitative estimate of drug-likeness (QED) is 0.501. The molecule has 0 fully saturated rings. The van der Waals surface area contributed by atoms with Crippen molar-refractivity contribution in [2.24, 2.45) is 0 Å². The largest absolute Gasteiger partial charge is 0.389 e. The average molecular weight is 189 g/mol. The van der Waals surface area contributed by atoms with Crippen LogP contribution in [0, 0.1) is 0 Å². The Hall–Kier alpha value is 0.01000. The van der Waals surface area contributed by atoms with E-state index in [0.717, 1.165) is 12.1 Å². The molecule has 0 aliphatic rings. The molecule has 72 valence electrons. The second-order valence-corrected chi connectivity index (χ2v) is 4.21. The van der Waals surface area contributed by atoms with E-state index < -0.39 is 5.60 Å². The second-order valence-electron chi connectivity index (χ2n) is 3.89. The van der Waals surface area contributed by atoms with Crippen LogP contribution in [0.1, 0.15) is 13.8 Å². The van der Waals surface area contributed by atoms with Crippen LogP contribution in [-0.4, -0.2) is 41.5 Å². The fourth-order valence-electron chi connectivity index (χ4n) is 1.15. The summed E-state index contributed by atoms with van der Waals surface area (Å²) in [6.07, 6.45) is 0. The molecule has 1 N–H and O–H groups in total. The maximum absolute atomic E-state index is 9.48. The third-order valence-corrected chi connectivity index (χ3v) is 1.82. The fraction of sp³-hybridized carbons (Fsp3) is 0.778. The van der Waals surface area contributed by atoms with Gasteiger partial charge in [-0.25, -0.2) is 0 Å². The maximum Gasteiger partial charge on any atom is 0.0718 e. The SMILES string of the molecule is C=C(CS)CN(C)CC(C)(C)O. The van der Waals surface area contributed by atoms with Crippen molar-refractivity contribution in [3.05, 3.63) is 12.2 Å². The first-order chi connectivity index (χ1) is 5.35. The Balaban J connectivity index is 3.74. The molecule has 0 heterocycles. The van der Waals surface area contributed by atoms with Crippen LogP contribution >= 0.6 is 12.6 Å². The lowest BCUT2D eigenvalue weighted by Crippen LogP contribution is -2.37. The first kappa shape index (κ1) is 12.0. The summed E-state index contributed by atoms with van der Waals surface area (Å²) < 4.78 is 0. The van der Waals surface area contributed by atoms with Crippen molar-refractivity contribution >= 4 is 12.6 Å². The van der Waals surface area contributed by atoms with Gasteiger partial charge in [0.2, 0.25) is 0 Å². The summed E-state index contributed by atoms with van der Waals surface area (Å²) in [6, 6.07) is 0. The van der Waals surface area contributed by atoms with E-state index >= 15 is 0 Å². The highest BCUT2D eigenvalue weighted by atomic mass is 32.1. The van der Waals surface area contributed by atoms with Crippen LogP contribution in [-0.2, 0) is 0 Å². The predicted molar refractivity (Wildman–Crippen MR) is 56.8 cm³/mol. The van der Waals surface area contributed by atoms with Gasteiger partial charge >= 0.3 is 0 Å². The lowest BCUT2D eigenvalue weighted by atomic mass is 10.1. The van der Waals surface area contributed by atoms with E-state index in [-0.39, 0.29) is 0 Å². The summed E-state index contributed by atoms with van der Waals surface area (Å²) in [7, 11) is 1.96. The fourth-order valence-corrected chi connectivity index (χ4v) is 1.25. The van der Waals surface area contributed by atoms with Crippen molar-refractivity contribution in [3.63, 3.8) is 0 Å². The maximum atomic E-state index is 9.48. The predicted octanol–water partition coefficient (Wildman–Crippen LogP) is 1.18. The lowest BCUT2D eigenvalue weighted by Gasteiger charge is -2.25. The highest BCUT2D eigenvalue weighted by Gasteiger charge is 2.15. The van der Waals surface area contributed by atoms with Crippen molar-refractivity contribution in [2.75, 3.05) is 25.9 Å². The number of thiol groups is 1. The molecule has 0 atom stereocenters. The minimum absolute atomic E-state index is 0.633. The van der Waals surface area contributed by atoms with E-state index in [2.05, 4.69) is 19.2 Å². The van der Waals surface area contributed by atoms with Crippen LogP contribution in [0.4, 0.5) is 0 Å². The van der Waals surface area contributed by atoms with E-state index in [9.17, 15) is 5.11 Å². The highest BCUT2D eigenvalue weighted by Crippen LogP contribution is 2.05. The Morgan fingerprint density at radius 1 is 1.58 bits per heavy atom. The van der Waals surface area contributed by atoms with Gasteiger partial charge < -0.3 is 5.11 Å². The zero-order valence-corrected chi connectivity index (χ0v) is 9.06. The molecular weight excluding hydrogens is 170 g/mol. The van der Waals surface area contributed by atoms with E-state index in [1.54, 1.807) is 13.8 Å². The van der Waals surface area contributed by atoms with Crippen molar-refractivity contribution in [3.8, 4) is 0 Å². The Morgan fingerprint density at radius 3 is 2.42 bits per heavy atom. The molecule has 12 heavy (non-hydrogen) atoms. The Labute approximate surface area is 80.7 Å². The van der Waals surface area contributed by atoms with Gasteiger partial charge in [-0.15, -0.1) is 0 Å². The number of nitrogens with zero attached hydrogens (tertiary/aromatic N) is 1. The minimum Gasteiger partial charge on any atom is -0.389 e. The first-order valence-electron chi connectivity index (χ1n) is 4.03. The Bertz CT molecular complexity index is 151. The second kappa shape index (κ2) is 4.90. The van der Waals surface area contributed by atoms with Crippen LogP contribution in [0.15, 0.2) is 12.2 Å². The van der Waals surface area contributed by atoms with Crippen LogP contribution in [0.3, 0.4) is 0 Å². The third kappa shape index (κ3) is 6.70. The van der Waals surface area contributed by atoms with Gasteiger partial charge in [-0.05, 0) is 20.9 Å². The number of rotatable bonds is 5. The van der Waals surface area contributed by atoms with Crippen LogP contribution < -0.4 is 0 Å². The average Bonchev–Trinajstić information content (AvgIpc) is 1.82. The van der Waals surface area contributed by atoms with Crippen molar-refractivity contribution in [1.29, 1.82) is 0 Å². The molecule has 0 aromatic carbocycles. The molecule has 0 aliphatic carbocycles. The summed E-state index contributed by atoms with van der Waals surface area (Å²) >= 11 is 4.11. The molecule has 0 saturated carbocycles. The number of hydrogen-bond donors (Lipinski definition) is 2. The van der Waals surface area contributed by atoms with Gasteiger partial charge in [0, 0.05) is 18.8 Å². The lowest BCUT2D eigenvalue weighted by molar-refractivity contribution is 0.0473. The van der Waals surface area contributed by atoms with Crippen LogP contribution in [0.25, 0.3) is 0 Å². The zero-order valence-electron chi connectivity index (χ0n) is 8.17. The van der Waals surface area contributed by atoms with Gasteiger partial charge in [0.05, 0.1) is 5.60 Å². The standard InChI is InChI=1S/C9H19NOS/c1-8(6-12)5-10(4)7-9(2,3)11/h11-12H,1,5-7H2,2-4H3. The number of hydrogen-bond acceptors (Lipinski definition) is 3.